The van der Waals surface area contributed by atoms with Crippen molar-refractivity contribution in [1.82, 2.24) is 14.6 Å². The highest BCUT2D eigenvalue weighted by Crippen LogP contribution is 2.13. The van der Waals surface area contributed by atoms with E-state index in [0.717, 1.165) is 11.3 Å². The fraction of sp³-hybridized carbons (Fsp3) is 0.200. The van der Waals surface area contributed by atoms with Crippen LogP contribution in [0.2, 0.25) is 0 Å². The third kappa shape index (κ3) is 1.46. The van der Waals surface area contributed by atoms with Crippen LogP contribution in [0.4, 0.5) is 5.82 Å². The highest BCUT2D eigenvalue weighted by atomic mass is 15.2. The van der Waals surface area contributed by atoms with E-state index in [2.05, 4.69) is 22.0 Å². The lowest BCUT2D eigenvalue weighted by molar-refractivity contribution is 0.929. The van der Waals surface area contributed by atoms with Crippen molar-refractivity contribution < 1.29 is 0 Å². The third-order valence-corrected chi connectivity index (χ3v) is 2.04. The number of nitrogens with zero attached hydrogens (tertiary/aromatic N) is 3. The van der Waals surface area contributed by atoms with Gasteiger partial charge in [0.2, 0.25) is 0 Å². The van der Waals surface area contributed by atoms with Crippen molar-refractivity contribution in [1.29, 1.82) is 0 Å². The molecule has 1 N–H and O–H groups in total. The summed E-state index contributed by atoms with van der Waals surface area (Å²) < 4.78 is 1.78. The summed E-state index contributed by atoms with van der Waals surface area (Å²) in [6.45, 7) is 5.73. The number of nitrogens with one attached hydrogen (secondary N) is 1. The molecule has 0 aliphatic carbocycles. The molecule has 72 valence electrons. The Morgan fingerprint density at radius 2 is 2.43 bits per heavy atom. The van der Waals surface area contributed by atoms with Crippen LogP contribution >= 0.6 is 0 Å². The fourth-order valence-electron chi connectivity index (χ4n) is 1.24. The van der Waals surface area contributed by atoms with Crippen molar-refractivity contribution in [3.8, 4) is 0 Å². The van der Waals surface area contributed by atoms with Crippen LogP contribution in [0.15, 0.2) is 37.3 Å². The van der Waals surface area contributed by atoms with E-state index < -0.39 is 0 Å². The van der Waals surface area contributed by atoms with E-state index in [-0.39, 0.29) is 6.04 Å². The maximum absolute atomic E-state index is 4.25. The van der Waals surface area contributed by atoms with Gasteiger partial charge in [-0.25, -0.2) is 9.50 Å². The molecule has 0 aliphatic heterocycles. The lowest BCUT2D eigenvalue weighted by Crippen LogP contribution is -2.13. The van der Waals surface area contributed by atoms with Crippen LogP contribution in [0.1, 0.15) is 6.92 Å². The molecule has 0 aliphatic rings. The van der Waals surface area contributed by atoms with E-state index in [9.17, 15) is 0 Å². The fourth-order valence-corrected chi connectivity index (χ4v) is 1.24. The topological polar surface area (TPSA) is 42.2 Å². The quantitative estimate of drug-likeness (QED) is 0.746. The second kappa shape index (κ2) is 3.49. The summed E-state index contributed by atoms with van der Waals surface area (Å²) >= 11 is 0. The first kappa shape index (κ1) is 8.74. The van der Waals surface area contributed by atoms with Gasteiger partial charge in [0.15, 0.2) is 5.82 Å². The van der Waals surface area contributed by atoms with E-state index in [1.165, 1.54) is 0 Å². The lowest BCUT2D eigenvalue weighted by Gasteiger charge is -2.10. The van der Waals surface area contributed by atoms with Crippen molar-refractivity contribution >= 4 is 11.3 Å². The molecule has 2 aromatic heterocycles. The number of fused-ring (bicyclic) bond motifs is 1. The van der Waals surface area contributed by atoms with E-state index in [0.29, 0.717) is 0 Å². The van der Waals surface area contributed by atoms with Crippen LogP contribution in [0.3, 0.4) is 0 Å². The van der Waals surface area contributed by atoms with Gasteiger partial charge in [-0.3, -0.25) is 0 Å². The maximum Gasteiger partial charge on any atom is 0.152 e. The second-order valence-corrected chi connectivity index (χ2v) is 3.11. The molecule has 0 saturated heterocycles. The highest BCUT2D eigenvalue weighted by molar-refractivity contribution is 5.67. The molecular weight excluding hydrogens is 176 g/mol. The SMILES string of the molecule is C=CC(C)Nc1nccn2nccc12. The molecule has 0 saturated carbocycles. The monoisotopic (exact) mass is 188 g/mol. The number of hydrogen-bond donors (Lipinski definition) is 1. The zero-order chi connectivity index (χ0) is 9.97. The Hall–Kier alpha value is -1.84. The zero-order valence-corrected chi connectivity index (χ0v) is 8.01. The molecule has 2 aromatic rings. The predicted molar refractivity (Wildman–Crippen MR) is 56.3 cm³/mol. The van der Waals surface area contributed by atoms with Crippen LogP contribution in [0, 0.1) is 0 Å². The van der Waals surface area contributed by atoms with Crippen LogP contribution in [-0.2, 0) is 0 Å². The Labute approximate surface area is 82.3 Å². The Bertz CT molecular complexity index is 446. The van der Waals surface area contributed by atoms with Gasteiger partial charge in [0.1, 0.15) is 5.52 Å². The molecule has 0 fully saturated rings. The largest absolute Gasteiger partial charge is 0.362 e. The van der Waals surface area contributed by atoms with Crippen LogP contribution in [0.5, 0.6) is 0 Å². The Kier molecular flexibility index (Phi) is 2.18. The standard InChI is InChI=1S/C10H12N4/c1-3-8(2)13-10-9-4-5-12-14(9)7-6-11-10/h3-8H,1H2,2H3,(H,11,13). The van der Waals surface area contributed by atoms with Gasteiger partial charge in [-0.1, -0.05) is 6.08 Å². The molecule has 0 radical (unpaired) electrons. The molecule has 1 atom stereocenters. The number of rotatable bonds is 3. The zero-order valence-electron chi connectivity index (χ0n) is 8.01. The van der Waals surface area contributed by atoms with Gasteiger partial charge in [0.25, 0.3) is 0 Å². The minimum Gasteiger partial charge on any atom is -0.362 e. The number of aromatic nitrogens is 3. The Morgan fingerprint density at radius 3 is 3.21 bits per heavy atom. The van der Waals surface area contributed by atoms with Crippen LogP contribution in [0.25, 0.3) is 5.52 Å². The summed E-state index contributed by atoms with van der Waals surface area (Å²) in [4.78, 5) is 4.25. The first-order valence-corrected chi connectivity index (χ1v) is 4.48. The molecule has 0 aromatic carbocycles. The van der Waals surface area contributed by atoms with Gasteiger partial charge >= 0.3 is 0 Å². The smallest absolute Gasteiger partial charge is 0.152 e. The van der Waals surface area contributed by atoms with Gasteiger partial charge in [-0.15, -0.1) is 6.58 Å². The minimum atomic E-state index is 0.198. The lowest BCUT2D eigenvalue weighted by atomic mass is 10.3. The normalized spacial score (nSPS) is 12.6. The van der Waals surface area contributed by atoms with Gasteiger partial charge in [0, 0.05) is 18.4 Å². The summed E-state index contributed by atoms with van der Waals surface area (Å²) in [5.74, 6) is 0.831. The molecule has 2 heterocycles. The molecule has 4 heteroatoms. The third-order valence-electron chi connectivity index (χ3n) is 2.04. The summed E-state index contributed by atoms with van der Waals surface area (Å²) in [5, 5.41) is 7.35. The van der Waals surface area contributed by atoms with Gasteiger partial charge in [-0.2, -0.15) is 5.10 Å². The molecular formula is C10H12N4. The average Bonchev–Trinajstić information content (AvgIpc) is 2.66. The van der Waals surface area contributed by atoms with E-state index in [1.807, 2.05) is 25.3 Å². The molecule has 14 heavy (non-hydrogen) atoms. The Balaban J connectivity index is 2.41. The molecule has 0 bridgehead atoms. The first-order valence-electron chi connectivity index (χ1n) is 4.48. The van der Waals surface area contributed by atoms with Crippen LogP contribution < -0.4 is 5.32 Å². The maximum atomic E-state index is 4.25. The van der Waals surface area contributed by atoms with Crippen molar-refractivity contribution in [2.75, 3.05) is 5.32 Å². The van der Waals surface area contributed by atoms with E-state index in [4.69, 9.17) is 0 Å². The summed E-state index contributed by atoms with van der Waals surface area (Å²) in [7, 11) is 0. The van der Waals surface area contributed by atoms with Crippen LogP contribution in [-0.4, -0.2) is 20.6 Å². The first-order chi connectivity index (χ1) is 6.81. The molecule has 0 amide bonds. The summed E-state index contributed by atoms with van der Waals surface area (Å²) in [6, 6.07) is 2.12. The number of anilines is 1. The Morgan fingerprint density at radius 1 is 1.57 bits per heavy atom. The molecule has 4 nitrogen and oxygen atoms in total. The average molecular weight is 188 g/mol. The van der Waals surface area contributed by atoms with E-state index >= 15 is 0 Å². The van der Waals surface area contributed by atoms with Crippen molar-refractivity contribution in [2.24, 2.45) is 0 Å². The molecule has 1 unspecified atom stereocenters. The number of hydrogen-bond acceptors (Lipinski definition) is 3. The van der Waals surface area contributed by atoms with Gasteiger partial charge in [-0.05, 0) is 13.0 Å². The highest BCUT2D eigenvalue weighted by Gasteiger charge is 2.03. The van der Waals surface area contributed by atoms with Crippen molar-refractivity contribution in [3.63, 3.8) is 0 Å². The van der Waals surface area contributed by atoms with Crippen molar-refractivity contribution in [2.45, 2.75) is 13.0 Å². The van der Waals surface area contributed by atoms with Crippen molar-refractivity contribution in [3.05, 3.63) is 37.3 Å². The molecule has 2 rings (SSSR count). The van der Waals surface area contributed by atoms with Gasteiger partial charge in [0.05, 0.1) is 6.20 Å². The summed E-state index contributed by atoms with van der Waals surface area (Å²) in [5.41, 5.74) is 0.973. The minimum absolute atomic E-state index is 0.198. The second-order valence-electron chi connectivity index (χ2n) is 3.11. The summed E-state index contributed by atoms with van der Waals surface area (Å²) in [6.07, 6.45) is 7.12. The predicted octanol–water partition coefficient (Wildman–Crippen LogP) is 1.72. The van der Waals surface area contributed by atoms with Gasteiger partial charge < -0.3 is 5.32 Å². The van der Waals surface area contributed by atoms with E-state index in [1.54, 1.807) is 16.9 Å². The molecule has 0 spiro atoms.